The van der Waals surface area contributed by atoms with Crippen molar-refractivity contribution < 1.29 is 4.79 Å². The Kier molecular flexibility index (Phi) is 3.78. The van der Waals surface area contributed by atoms with Gasteiger partial charge in [-0.1, -0.05) is 11.3 Å². The molecule has 1 heterocycles. The van der Waals surface area contributed by atoms with Crippen molar-refractivity contribution in [2.45, 2.75) is 13.0 Å². The van der Waals surface area contributed by atoms with Gasteiger partial charge in [0.05, 0.1) is 0 Å². The van der Waals surface area contributed by atoms with Crippen molar-refractivity contribution in [2.24, 2.45) is 0 Å². The maximum absolute atomic E-state index is 11.6. The van der Waals surface area contributed by atoms with Crippen molar-refractivity contribution in [3.05, 3.63) is 45.5 Å². The molecule has 1 aromatic heterocycles. The van der Waals surface area contributed by atoms with E-state index in [0.29, 0.717) is 17.9 Å². The molecule has 0 bridgehead atoms. The smallest absolute Gasteiger partial charge is 0.307 e. The lowest BCUT2D eigenvalue weighted by molar-refractivity contribution is -0.116. The van der Waals surface area contributed by atoms with Gasteiger partial charge in [-0.2, -0.15) is 0 Å². The van der Waals surface area contributed by atoms with Crippen LogP contribution in [0.2, 0.25) is 0 Å². The Bertz CT molecular complexity index is 586. The monoisotopic (exact) mass is 263 g/mol. The van der Waals surface area contributed by atoms with Crippen LogP contribution in [0.25, 0.3) is 0 Å². The molecule has 1 aromatic carbocycles. The summed E-state index contributed by atoms with van der Waals surface area (Å²) in [5.74, 6) is -0.127. The molecule has 94 valence electrons. The molecule has 2 aromatic rings. The summed E-state index contributed by atoms with van der Waals surface area (Å²) in [5, 5.41) is 4.45. The summed E-state index contributed by atoms with van der Waals surface area (Å²) < 4.78 is 1.52. The lowest BCUT2D eigenvalue weighted by Crippen LogP contribution is -2.18. The second-order valence-electron chi connectivity index (χ2n) is 3.78. The highest BCUT2D eigenvalue weighted by atomic mass is 32.1. The summed E-state index contributed by atoms with van der Waals surface area (Å²) in [5.41, 5.74) is 6.90. The van der Waals surface area contributed by atoms with Crippen LogP contribution in [0.5, 0.6) is 0 Å². The van der Waals surface area contributed by atoms with Gasteiger partial charge < -0.3 is 15.6 Å². The predicted octanol–water partition coefficient (Wildman–Crippen LogP) is 1.52. The quantitative estimate of drug-likeness (QED) is 0.821. The summed E-state index contributed by atoms with van der Waals surface area (Å²) in [6, 6.07) is 6.92. The molecule has 0 aliphatic carbocycles. The number of benzene rings is 1. The highest BCUT2D eigenvalue weighted by molar-refractivity contribution is 7.07. The third-order valence-corrected chi connectivity index (χ3v) is 3.11. The van der Waals surface area contributed by atoms with Gasteiger partial charge in [0, 0.05) is 35.9 Å². The lowest BCUT2D eigenvalue weighted by atomic mass is 10.3. The van der Waals surface area contributed by atoms with Crippen molar-refractivity contribution in [1.82, 2.24) is 4.57 Å². The van der Waals surface area contributed by atoms with E-state index in [0.717, 1.165) is 11.3 Å². The first kappa shape index (κ1) is 12.4. The number of aromatic nitrogens is 1. The molecule has 0 atom stereocenters. The van der Waals surface area contributed by atoms with Crippen LogP contribution in [-0.2, 0) is 11.3 Å². The Labute approximate surface area is 108 Å². The van der Waals surface area contributed by atoms with E-state index in [9.17, 15) is 9.59 Å². The molecule has 0 unspecified atom stereocenters. The van der Waals surface area contributed by atoms with Crippen molar-refractivity contribution >= 4 is 28.6 Å². The zero-order chi connectivity index (χ0) is 13.0. The van der Waals surface area contributed by atoms with Crippen LogP contribution >= 0.6 is 11.3 Å². The summed E-state index contributed by atoms with van der Waals surface area (Å²) in [6.45, 7) is 0.392. The molecule has 5 nitrogen and oxygen atoms in total. The Morgan fingerprint density at radius 2 is 2.06 bits per heavy atom. The van der Waals surface area contributed by atoms with E-state index in [1.54, 1.807) is 35.8 Å². The van der Waals surface area contributed by atoms with E-state index in [4.69, 9.17) is 5.73 Å². The van der Waals surface area contributed by atoms with Crippen molar-refractivity contribution in [2.75, 3.05) is 11.1 Å². The van der Waals surface area contributed by atoms with Gasteiger partial charge in [-0.05, 0) is 24.3 Å². The highest BCUT2D eigenvalue weighted by Crippen LogP contribution is 2.10. The van der Waals surface area contributed by atoms with E-state index >= 15 is 0 Å². The zero-order valence-electron chi connectivity index (χ0n) is 9.63. The maximum atomic E-state index is 11.6. The van der Waals surface area contributed by atoms with Gasteiger partial charge in [-0.15, -0.1) is 0 Å². The molecule has 0 fully saturated rings. The Hall–Kier alpha value is -2.08. The molecule has 18 heavy (non-hydrogen) atoms. The SMILES string of the molecule is Nc1ccc(NC(=O)CCn2ccsc2=O)cc1. The third-order valence-electron chi connectivity index (χ3n) is 2.42. The minimum atomic E-state index is -0.127. The number of anilines is 2. The molecule has 0 aliphatic heterocycles. The molecule has 3 N–H and O–H groups in total. The molecule has 6 heteroatoms. The predicted molar refractivity (Wildman–Crippen MR) is 72.7 cm³/mol. The summed E-state index contributed by atoms with van der Waals surface area (Å²) >= 11 is 1.12. The number of hydrogen-bond acceptors (Lipinski definition) is 4. The largest absolute Gasteiger partial charge is 0.399 e. The van der Waals surface area contributed by atoms with Gasteiger partial charge in [-0.25, -0.2) is 0 Å². The summed E-state index contributed by atoms with van der Waals surface area (Å²) in [4.78, 5) is 22.9. The fourth-order valence-corrected chi connectivity index (χ4v) is 2.08. The molecule has 2 rings (SSSR count). The van der Waals surface area contributed by atoms with Gasteiger partial charge >= 0.3 is 4.87 Å². The van der Waals surface area contributed by atoms with Gasteiger partial charge in [0.1, 0.15) is 0 Å². The Morgan fingerprint density at radius 1 is 1.33 bits per heavy atom. The molecule has 0 spiro atoms. The van der Waals surface area contributed by atoms with Gasteiger partial charge in [0.25, 0.3) is 0 Å². The highest BCUT2D eigenvalue weighted by Gasteiger charge is 2.04. The fourth-order valence-electron chi connectivity index (χ4n) is 1.47. The number of nitrogens with zero attached hydrogens (tertiary/aromatic N) is 1. The maximum Gasteiger partial charge on any atom is 0.307 e. The second kappa shape index (κ2) is 5.50. The van der Waals surface area contributed by atoms with Crippen LogP contribution in [0.3, 0.4) is 0 Å². The average molecular weight is 263 g/mol. The molecule has 0 saturated carbocycles. The summed E-state index contributed by atoms with van der Waals surface area (Å²) in [6.07, 6.45) is 1.95. The van der Waals surface area contributed by atoms with Crippen LogP contribution < -0.4 is 15.9 Å². The number of aryl methyl sites for hydroxylation is 1. The normalized spacial score (nSPS) is 10.2. The van der Waals surface area contributed by atoms with Crippen molar-refractivity contribution in [3.63, 3.8) is 0 Å². The zero-order valence-corrected chi connectivity index (χ0v) is 10.4. The van der Waals surface area contributed by atoms with Crippen molar-refractivity contribution in [1.29, 1.82) is 0 Å². The molecular formula is C12H13N3O2S. The standard InChI is InChI=1S/C12H13N3O2S/c13-9-1-3-10(4-2-9)14-11(16)5-6-15-7-8-18-12(15)17/h1-4,7-8H,5-6,13H2,(H,14,16). The number of nitrogens with two attached hydrogens (primary N) is 1. The van der Waals surface area contributed by atoms with Gasteiger partial charge in [0.15, 0.2) is 0 Å². The topological polar surface area (TPSA) is 77.1 Å². The molecule has 0 aliphatic rings. The van der Waals surface area contributed by atoms with Gasteiger partial charge in [0.2, 0.25) is 5.91 Å². The Morgan fingerprint density at radius 3 is 2.67 bits per heavy atom. The first-order valence-electron chi connectivity index (χ1n) is 5.44. The van der Waals surface area contributed by atoms with Crippen LogP contribution in [0.1, 0.15) is 6.42 Å². The first-order chi connectivity index (χ1) is 8.65. The molecule has 0 saturated heterocycles. The number of thiazole rings is 1. The number of carbonyl (C=O) groups excluding carboxylic acids is 1. The average Bonchev–Trinajstić information content (AvgIpc) is 2.75. The van der Waals surface area contributed by atoms with E-state index in [1.165, 1.54) is 4.57 Å². The second-order valence-corrected chi connectivity index (χ2v) is 4.64. The van der Waals surface area contributed by atoms with Crippen LogP contribution in [0.15, 0.2) is 40.6 Å². The van der Waals surface area contributed by atoms with Crippen LogP contribution in [-0.4, -0.2) is 10.5 Å². The fraction of sp³-hybridized carbons (Fsp3) is 0.167. The number of amides is 1. The van der Waals surface area contributed by atoms with Gasteiger partial charge in [-0.3, -0.25) is 9.59 Å². The number of nitrogens with one attached hydrogen (secondary N) is 1. The van der Waals surface area contributed by atoms with E-state index in [-0.39, 0.29) is 17.2 Å². The number of hydrogen-bond donors (Lipinski definition) is 2. The molecule has 0 radical (unpaired) electrons. The lowest BCUT2D eigenvalue weighted by Gasteiger charge is -2.05. The van der Waals surface area contributed by atoms with E-state index in [1.807, 2.05) is 0 Å². The number of rotatable bonds is 4. The Balaban J connectivity index is 1.88. The molecule has 1 amide bonds. The minimum absolute atomic E-state index is 0.0460. The van der Waals surface area contributed by atoms with Crippen LogP contribution in [0, 0.1) is 0 Å². The molecular weight excluding hydrogens is 250 g/mol. The van der Waals surface area contributed by atoms with Crippen LogP contribution in [0.4, 0.5) is 11.4 Å². The van der Waals surface area contributed by atoms with E-state index in [2.05, 4.69) is 5.32 Å². The minimum Gasteiger partial charge on any atom is -0.399 e. The number of nitrogen functional groups attached to an aromatic ring is 1. The number of carbonyl (C=O) groups is 1. The van der Waals surface area contributed by atoms with E-state index < -0.39 is 0 Å². The van der Waals surface area contributed by atoms with Crippen molar-refractivity contribution in [3.8, 4) is 0 Å². The summed E-state index contributed by atoms with van der Waals surface area (Å²) in [7, 11) is 0. The first-order valence-corrected chi connectivity index (χ1v) is 6.32. The third kappa shape index (κ3) is 3.21.